The Morgan fingerprint density at radius 3 is 3.19 bits per heavy atom. The Morgan fingerprint density at radius 1 is 1.52 bits per heavy atom. The lowest BCUT2D eigenvalue weighted by Gasteiger charge is -2.35. The number of carbonyl (C=O) groups is 1. The lowest BCUT2D eigenvalue weighted by Crippen LogP contribution is -2.56. The van der Waals surface area contributed by atoms with E-state index in [-0.39, 0.29) is 12.0 Å². The third-order valence-corrected chi connectivity index (χ3v) is 3.58. The molecule has 1 aliphatic heterocycles. The largest absolute Gasteiger partial charge is 0.464 e. The van der Waals surface area contributed by atoms with E-state index in [0.717, 1.165) is 23.4 Å². The summed E-state index contributed by atoms with van der Waals surface area (Å²) in [6.07, 6.45) is 3.23. The Balaban J connectivity index is 2.00. The van der Waals surface area contributed by atoms with Gasteiger partial charge < -0.3 is 15.0 Å². The molecule has 1 saturated heterocycles. The zero-order valence-electron chi connectivity index (χ0n) is 12.1. The Hall–Kier alpha value is -2.22. The summed E-state index contributed by atoms with van der Waals surface area (Å²) in [6.45, 7) is 4.20. The van der Waals surface area contributed by atoms with E-state index in [0.29, 0.717) is 19.7 Å². The van der Waals surface area contributed by atoms with Crippen LogP contribution >= 0.6 is 0 Å². The molecule has 0 amide bonds. The summed E-state index contributed by atoms with van der Waals surface area (Å²) in [5, 5.41) is 8.28. The van der Waals surface area contributed by atoms with Crippen molar-refractivity contribution < 1.29 is 9.53 Å². The molecule has 3 heterocycles. The number of nitrogens with zero attached hydrogens (tertiary/aromatic N) is 5. The standard InChI is InChI=1S/C13H18N6O2/c1-3-21-13(20)10-7-14-4-5-19(10)12-9-6-17-18(2)11(9)15-8-16-12/h6,8,10,14H,3-5,7H2,1-2H3. The number of piperazine rings is 1. The summed E-state index contributed by atoms with van der Waals surface area (Å²) >= 11 is 0. The fraction of sp³-hybridized carbons (Fsp3) is 0.538. The number of aryl methyl sites for hydroxylation is 1. The number of hydrogen-bond donors (Lipinski definition) is 1. The number of nitrogens with one attached hydrogen (secondary N) is 1. The van der Waals surface area contributed by atoms with Gasteiger partial charge in [0.25, 0.3) is 0 Å². The van der Waals surface area contributed by atoms with Crippen molar-refractivity contribution in [1.82, 2.24) is 25.1 Å². The smallest absolute Gasteiger partial charge is 0.330 e. The minimum Gasteiger partial charge on any atom is -0.464 e. The zero-order valence-corrected chi connectivity index (χ0v) is 12.1. The van der Waals surface area contributed by atoms with Crippen LogP contribution in [-0.2, 0) is 16.6 Å². The van der Waals surface area contributed by atoms with Crippen LogP contribution in [0.5, 0.6) is 0 Å². The molecule has 8 heteroatoms. The van der Waals surface area contributed by atoms with Crippen molar-refractivity contribution in [3.05, 3.63) is 12.5 Å². The van der Waals surface area contributed by atoms with Gasteiger partial charge in [-0.25, -0.2) is 14.8 Å². The van der Waals surface area contributed by atoms with Gasteiger partial charge in [0.1, 0.15) is 18.2 Å². The Kier molecular flexibility index (Phi) is 3.70. The second kappa shape index (κ2) is 5.65. The maximum absolute atomic E-state index is 12.2. The predicted molar refractivity (Wildman–Crippen MR) is 76.9 cm³/mol. The predicted octanol–water partition coefficient (Wildman–Crippen LogP) is -0.295. The SMILES string of the molecule is CCOC(=O)C1CNCCN1c1ncnc2c1cnn2C. The normalized spacial score (nSPS) is 19.0. The van der Waals surface area contributed by atoms with E-state index in [1.807, 2.05) is 18.9 Å². The molecule has 1 aliphatic rings. The summed E-state index contributed by atoms with van der Waals surface area (Å²) in [5.74, 6) is 0.494. The topological polar surface area (TPSA) is 85.2 Å². The van der Waals surface area contributed by atoms with Crippen LogP contribution < -0.4 is 10.2 Å². The Bertz CT molecular complexity index is 655. The number of carbonyl (C=O) groups excluding carboxylic acids is 1. The van der Waals surface area contributed by atoms with Gasteiger partial charge in [-0.2, -0.15) is 5.10 Å². The van der Waals surface area contributed by atoms with Crippen molar-refractivity contribution in [2.45, 2.75) is 13.0 Å². The molecule has 0 bridgehead atoms. The van der Waals surface area contributed by atoms with Gasteiger partial charge in [-0.3, -0.25) is 4.68 Å². The highest BCUT2D eigenvalue weighted by Crippen LogP contribution is 2.24. The van der Waals surface area contributed by atoms with Crippen molar-refractivity contribution in [3.8, 4) is 0 Å². The molecule has 0 aliphatic carbocycles. The summed E-state index contributed by atoms with van der Waals surface area (Å²) in [4.78, 5) is 22.7. The van der Waals surface area contributed by atoms with Crippen LogP contribution in [0.3, 0.4) is 0 Å². The van der Waals surface area contributed by atoms with E-state index in [2.05, 4.69) is 20.4 Å². The Labute approximate surface area is 122 Å². The molecule has 0 saturated carbocycles. The molecule has 1 atom stereocenters. The van der Waals surface area contributed by atoms with Gasteiger partial charge in [0.15, 0.2) is 5.65 Å². The molecule has 112 valence electrons. The van der Waals surface area contributed by atoms with Gasteiger partial charge >= 0.3 is 5.97 Å². The number of fused-ring (bicyclic) bond motifs is 1. The fourth-order valence-electron chi connectivity index (χ4n) is 2.59. The van der Waals surface area contributed by atoms with Gasteiger partial charge in [-0.05, 0) is 6.92 Å². The van der Waals surface area contributed by atoms with Crippen LogP contribution in [0.25, 0.3) is 11.0 Å². The first-order valence-corrected chi connectivity index (χ1v) is 6.99. The van der Waals surface area contributed by atoms with Crippen molar-refractivity contribution >= 4 is 22.8 Å². The van der Waals surface area contributed by atoms with Crippen molar-refractivity contribution in [2.24, 2.45) is 7.05 Å². The van der Waals surface area contributed by atoms with Crippen LogP contribution in [0, 0.1) is 0 Å². The highest BCUT2D eigenvalue weighted by molar-refractivity contribution is 5.90. The number of anilines is 1. The highest BCUT2D eigenvalue weighted by atomic mass is 16.5. The first kappa shape index (κ1) is 13.7. The van der Waals surface area contributed by atoms with Crippen molar-refractivity contribution in [3.63, 3.8) is 0 Å². The maximum Gasteiger partial charge on any atom is 0.330 e. The average Bonchev–Trinajstić information content (AvgIpc) is 2.89. The quantitative estimate of drug-likeness (QED) is 0.777. The number of rotatable bonds is 3. The number of aromatic nitrogens is 4. The van der Waals surface area contributed by atoms with E-state index >= 15 is 0 Å². The number of esters is 1. The summed E-state index contributed by atoms with van der Waals surface area (Å²) in [7, 11) is 1.83. The molecule has 3 rings (SSSR count). The molecule has 21 heavy (non-hydrogen) atoms. The molecular formula is C13H18N6O2. The molecule has 2 aromatic rings. The number of hydrogen-bond acceptors (Lipinski definition) is 7. The lowest BCUT2D eigenvalue weighted by molar-refractivity contribution is -0.144. The van der Waals surface area contributed by atoms with Crippen molar-refractivity contribution in [2.75, 3.05) is 31.1 Å². The first-order chi connectivity index (χ1) is 10.2. The monoisotopic (exact) mass is 290 g/mol. The number of ether oxygens (including phenoxy) is 1. The average molecular weight is 290 g/mol. The summed E-state index contributed by atoms with van der Waals surface area (Å²) in [5.41, 5.74) is 0.751. The minimum absolute atomic E-state index is 0.236. The second-order valence-corrected chi connectivity index (χ2v) is 4.87. The van der Waals surface area contributed by atoms with E-state index in [1.54, 1.807) is 10.9 Å². The second-order valence-electron chi connectivity index (χ2n) is 4.87. The van der Waals surface area contributed by atoms with Gasteiger partial charge in [0.05, 0.1) is 18.2 Å². The molecule has 0 aromatic carbocycles. The Morgan fingerprint density at radius 2 is 2.38 bits per heavy atom. The molecule has 0 radical (unpaired) electrons. The zero-order chi connectivity index (χ0) is 14.8. The fourth-order valence-corrected chi connectivity index (χ4v) is 2.59. The first-order valence-electron chi connectivity index (χ1n) is 6.99. The minimum atomic E-state index is -0.378. The molecule has 8 nitrogen and oxygen atoms in total. The van der Waals surface area contributed by atoms with E-state index < -0.39 is 0 Å². The van der Waals surface area contributed by atoms with Crippen LogP contribution in [-0.4, -0.2) is 58.0 Å². The third kappa shape index (κ3) is 2.42. The van der Waals surface area contributed by atoms with Crippen LogP contribution in [0.15, 0.2) is 12.5 Å². The summed E-state index contributed by atoms with van der Waals surface area (Å²) < 4.78 is 6.86. The molecule has 1 fully saturated rings. The maximum atomic E-state index is 12.2. The highest BCUT2D eigenvalue weighted by Gasteiger charge is 2.32. The van der Waals surface area contributed by atoms with E-state index in [4.69, 9.17) is 4.74 Å². The van der Waals surface area contributed by atoms with Crippen LogP contribution in [0.1, 0.15) is 6.92 Å². The summed E-state index contributed by atoms with van der Waals surface area (Å²) in [6, 6.07) is -0.378. The van der Waals surface area contributed by atoms with Crippen molar-refractivity contribution in [1.29, 1.82) is 0 Å². The van der Waals surface area contributed by atoms with Gasteiger partial charge in [0, 0.05) is 26.7 Å². The molecule has 0 spiro atoms. The van der Waals surface area contributed by atoms with Crippen LogP contribution in [0.4, 0.5) is 5.82 Å². The van der Waals surface area contributed by atoms with Crippen LogP contribution in [0.2, 0.25) is 0 Å². The molecule has 1 unspecified atom stereocenters. The molecule has 2 aromatic heterocycles. The third-order valence-electron chi connectivity index (χ3n) is 3.58. The van der Waals surface area contributed by atoms with Gasteiger partial charge in [-0.15, -0.1) is 0 Å². The van der Waals surface area contributed by atoms with Gasteiger partial charge in [-0.1, -0.05) is 0 Å². The van der Waals surface area contributed by atoms with E-state index in [1.165, 1.54) is 6.33 Å². The van der Waals surface area contributed by atoms with Gasteiger partial charge in [0.2, 0.25) is 0 Å². The molecular weight excluding hydrogens is 272 g/mol. The van der Waals surface area contributed by atoms with E-state index in [9.17, 15) is 4.79 Å². The molecule has 1 N–H and O–H groups in total. The lowest BCUT2D eigenvalue weighted by atomic mass is 10.2.